The second kappa shape index (κ2) is 7.09. The highest BCUT2D eigenvalue weighted by Crippen LogP contribution is 2.36. The van der Waals surface area contributed by atoms with Gasteiger partial charge < -0.3 is 9.64 Å². The molecular formula is C16H24ClNO2. The number of carbonyl (C=O) groups excluding carboxylic acids is 1. The summed E-state index contributed by atoms with van der Waals surface area (Å²) in [5.74, 6) is -0.251. The van der Waals surface area contributed by atoms with Gasteiger partial charge in [0, 0.05) is 4.11 Å². The molecule has 0 atom stereocenters. The highest BCUT2D eigenvalue weighted by molar-refractivity contribution is 5.85. The Kier molecular flexibility index (Phi) is 4.49. The number of hydrogen-bond donors (Lipinski definition) is 0. The number of ether oxygens (including phenoxy) is 1. The van der Waals surface area contributed by atoms with Gasteiger partial charge in [-0.2, -0.15) is 0 Å². The van der Waals surface area contributed by atoms with Crippen LogP contribution in [0.5, 0.6) is 0 Å². The number of benzene rings is 1. The summed E-state index contributed by atoms with van der Waals surface area (Å²) in [5.41, 5.74) is 0.165. The van der Waals surface area contributed by atoms with Crippen LogP contribution in [0.2, 0.25) is 0 Å². The lowest BCUT2D eigenvalue weighted by molar-refractivity contribution is -0.156. The lowest BCUT2D eigenvalue weighted by Gasteiger charge is -2.39. The number of piperidine rings is 1. The Bertz CT molecular complexity index is 512. The van der Waals surface area contributed by atoms with Crippen LogP contribution in [0.3, 0.4) is 0 Å². The molecule has 1 saturated heterocycles. The van der Waals surface area contributed by atoms with Crippen LogP contribution >= 0.6 is 12.4 Å². The maximum absolute atomic E-state index is 12.7. The smallest absolute Gasteiger partial charge is 0.316 e. The largest absolute Gasteiger partial charge is 0.462 e. The maximum Gasteiger partial charge on any atom is 0.316 e. The molecule has 0 amide bonds. The van der Waals surface area contributed by atoms with E-state index in [4.69, 9.17) is 8.85 Å². The van der Waals surface area contributed by atoms with Crippen LogP contribution in [0.25, 0.3) is 0 Å². The van der Waals surface area contributed by atoms with Crippen molar-refractivity contribution < 1.29 is 13.6 Å². The highest BCUT2D eigenvalue weighted by atomic mass is 35.5. The fraction of sp³-hybridized carbons (Fsp3) is 0.562. The Morgan fingerprint density at radius 3 is 2.40 bits per heavy atom. The lowest BCUT2D eigenvalue weighted by atomic mass is 9.73. The topological polar surface area (TPSA) is 29.5 Å². The first kappa shape index (κ1) is 12.7. The molecule has 0 unspecified atom stereocenters. The standard InChI is InChI=1S/C16H23NO2.ClH/c1-13(2)19-15(18)16(9-11-17(3)12-10-16)14-7-5-4-6-8-14;/h4-8,13H,9-12H2,1-3H3;1H/i3D3;. The van der Waals surface area contributed by atoms with E-state index in [0.717, 1.165) is 5.56 Å². The minimum Gasteiger partial charge on any atom is -0.462 e. The predicted molar refractivity (Wildman–Crippen MR) is 83.3 cm³/mol. The Hall–Kier alpha value is -1.06. The molecule has 2 rings (SSSR count). The van der Waals surface area contributed by atoms with E-state index >= 15 is 0 Å². The first-order valence-corrected chi connectivity index (χ1v) is 6.77. The fourth-order valence-corrected chi connectivity index (χ4v) is 2.58. The second-order valence-corrected chi connectivity index (χ2v) is 5.39. The molecule has 0 saturated carbocycles. The number of hydrogen-bond acceptors (Lipinski definition) is 3. The molecule has 0 spiro atoms. The van der Waals surface area contributed by atoms with Crippen molar-refractivity contribution in [3.63, 3.8) is 0 Å². The fourth-order valence-electron chi connectivity index (χ4n) is 2.58. The van der Waals surface area contributed by atoms with Crippen molar-refractivity contribution in [2.24, 2.45) is 0 Å². The third-order valence-electron chi connectivity index (χ3n) is 3.68. The van der Waals surface area contributed by atoms with Crippen molar-refractivity contribution in [3.05, 3.63) is 35.9 Å². The second-order valence-electron chi connectivity index (χ2n) is 5.39. The quantitative estimate of drug-likeness (QED) is 0.804. The molecule has 1 aliphatic heterocycles. The number of nitrogens with zero attached hydrogens (tertiary/aromatic N) is 1. The summed E-state index contributed by atoms with van der Waals surface area (Å²) in [6.07, 6.45) is 0.732. The average molecular weight is 301 g/mol. The Morgan fingerprint density at radius 1 is 1.30 bits per heavy atom. The molecule has 112 valence electrons. The molecule has 0 aromatic heterocycles. The van der Waals surface area contributed by atoms with Gasteiger partial charge in [0.25, 0.3) is 0 Å². The SMILES string of the molecule is Cl.[2H]C([2H])([2H])N1CCC(C(=O)OC(C)C)(c2ccccc2)CC1. The van der Waals surface area contributed by atoms with Crippen molar-refractivity contribution in [1.82, 2.24) is 4.90 Å². The summed E-state index contributed by atoms with van der Waals surface area (Å²) in [5, 5.41) is 0. The summed E-state index contributed by atoms with van der Waals surface area (Å²) in [4.78, 5) is 14.2. The van der Waals surface area contributed by atoms with E-state index in [-0.39, 0.29) is 24.5 Å². The molecule has 4 heteroatoms. The van der Waals surface area contributed by atoms with E-state index in [9.17, 15) is 4.79 Å². The molecule has 0 radical (unpaired) electrons. The van der Waals surface area contributed by atoms with Gasteiger partial charge in [0.1, 0.15) is 0 Å². The van der Waals surface area contributed by atoms with Gasteiger partial charge in [-0.05, 0) is 52.3 Å². The van der Waals surface area contributed by atoms with Gasteiger partial charge in [0.15, 0.2) is 0 Å². The molecule has 20 heavy (non-hydrogen) atoms. The van der Waals surface area contributed by atoms with Crippen LogP contribution in [-0.4, -0.2) is 37.0 Å². The first-order chi connectivity index (χ1) is 10.3. The van der Waals surface area contributed by atoms with Crippen molar-refractivity contribution in [1.29, 1.82) is 0 Å². The number of likely N-dealkylation sites (tertiary alicyclic amines) is 1. The highest BCUT2D eigenvalue weighted by Gasteiger charge is 2.43. The van der Waals surface area contributed by atoms with Gasteiger partial charge in [0.2, 0.25) is 0 Å². The third kappa shape index (κ3) is 3.53. The number of esters is 1. The van der Waals surface area contributed by atoms with Gasteiger partial charge in [-0.3, -0.25) is 4.79 Å². The van der Waals surface area contributed by atoms with Crippen LogP contribution in [0.15, 0.2) is 30.3 Å². The van der Waals surface area contributed by atoms with E-state index in [2.05, 4.69) is 0 Å². The molecule has 1 fully saturated rings. The van der Waals surface area contributed by atoms with Crippen molar-refractivity contribution >= 4 is 18.4 Å². The summed E-state index contributed by atoms with van der Waals surface area (Å²) < 4.78 is 28.0. The molecule has 0 N–H and O–H groups in total. The predicted octanol–water partition coefficient (Wildman–Crippen LogP) is 3.02. The Morgan fingerprint density at radius 2 is 1.90 bits per heavy atom. The number of carbonyl (C=O) groups is 1. The van der Waals surface area contributed by atoms with Crippen molar-refractivity contribution in [2.45, 2.75) is 38.2 Å². The van der Waals surface area contributed by atoms with Crippen molar-refractivity contribution in [2.75, 3.05) is 20.1 Å². The molecule has 1 aromatic carbocycles. The summed E-state index contributed by atoms with van der Waals surface area (Å²) in [7, 11) is 0. The van der Waals surface area contributed by atoms with Crippen LogP contribution in [-0.2, 0) is 14.9 Å². The third-order valence-corrected chi connectivity index (χ3v) is 3.68. The van der Waals surface area contributed by atoms with Crippen LogP contribution in [0, 0.1) is 0 Å². The van der Waals surface area contributed by atoms with Gasteiger partial charge in [-0.15, -0.1) is 12.4 Å². The van der Waals surface area contributed by atoms with E-state index in [1.54, 1.807) is 0 Å². The average Bonchev–Trinajstić information content (AvgIpc) is 2.46. The maximum atomic E-state index is 12.7. The molecule has 1 aromatic rings. The first-order valence-electron chi connectivity index (χ1n) is 8.27. The molecule has 3 nitrogen and oxygen atoms in total. The zero-order chi connectivity index (χ0) is 16.4. The summed E-state index contributed by atoms with van der Waals surface area (Å²) >= 11 is 0. The minimum atomic E-state index is -2.11. The lowest BCUT2D eigenvalue weighted by Crippen LogP contribution is -2.47. The number of halogens is 1. The van der Waals surface area contributed by atoms with Crippen LogP contribution in [0.1, 0.15) is 36.4 Å². The van der Waals surface area contributed by atoms with E-state index < -0.39 is 12.4 Å². The zero-order valence-corrected chi connectivity index (χ0v) is 12.8. The Labute approximate surface area is 131 Å². The molecule has 0 bridgehead atoms. The number of rotatable bonds is 3. The monoisotopic (exact) mass is 300 g/mol. The molecule has 0 aliphatic carbocycles. The van der Waals surface area contributed by atoms with Gasteiger partial charge >= 0.3 is 5.97 Å². The van der Waals surface area contributed by atoms with Crippen LogP contribution in [0.4, 0.5) is 0 Å². The summed E-state index contributed by atoms with van der Waals surface area (Å²) in [6, 6.07) is 9.55. The summed E-state index contributed by atoms with van der Waals surface area (Å²) in [6.45, 7) is 2.27. The molecular weight excluding hydrogens is 274 g/mol. The molecule has 1 heterocycles. The van der Waals surface area contributed by atoms with E-state index in [0.29, 0.717) is 25.9 Å². The van der Waals surface area contributed by atoms with E-state index in [1.807, 2.05) is 44.2 Å². The van der Waals surface area contributed by atoms with Gasteiger partial charge in [0.05, 0.1) is 11.5 Å². The van der Waals surface area contributed by atoms with E-state index in [1.165, 1.54) is 4.90 Å². The van der Waals surface area contributed by atoms with Gasteiger partial charge in [-0.25, -0.2) is 0 Å². The normalized spacial score (nSPS) is 21.2. The zero-order valence-electron chi connectivity index (χ0n) is 15.0. The molecule has 1 aliphatic rings. The van der Waals surface area contributed by atoms with Crippen molar-refractivity contribution in [3.8, 4) is 0 Å². The van der Waals surface area contributed by atoms with Crippen LogP contribution < -0.4 is 0 Å². The Balaban J connectivity index is 0.00000264. The van der Waals surface area contributed by atoms with Gasteiger partial charge in [-0.1, -0.05) is 30.3 Å². The minimum absolute atomic E-state index is 0.